The zero-order chi connectivity index (χ0) is 18.4. The second-order valence-electron chi connectivity index (χ2n) is 6.31. The van der Waals surface area contributed by atoms with Gasteiger partial charge in [-0.1, -0.05) is 6.92 Å². The maximum Gasteiger partial charge on any atom is 0.336 e. The Labute approximate surface area is 147 Å². The molecule has 0 fully saturated rings. The summed E-state index contributed by atoms with van der Waals surface area (Å²) in [6.45, 7) is 5.21. The standard InChI is InChI=1S/C19H26N2O4/c1-5-14-11-18(22)25-17-12-15(7-8-16(14)17)24-13(2)19(23)20-9-6-10-21(3)4/h7-8,11-13H,5-6,9-10H2,1-4H3,(H,20,23). The van der Waals surface area contributed by atoms with E-state index in [-0.39, 0.29) is 11.5 Å². The Morgan fingerprint density at radius 3 is 2.76 bits per heavy atom. The van der Waals surface area contributed by atoms with Crippen LogP contribution in [0.2, 0.25) is 0 Å². The van der Waals surface area contributed by atoms with Crippen LogP contribution in [0.15, 0.2) is 33.5 Å². The molecule has 25 heavy (non-hydrogen) atoms. The van der Waals surface area contributed by atoms with E-state index in [1.807, 2.05) is 27.1 Å². The zero-order valence-electron chi connectivity index (χ0n) is 15.3. The third-order valence-electron chi connectivity index (χ3n) is 3.95. The smallest absolute Gasteiger partial charge is 0.336 e. The minimum absolute atomic E-state index is 0.164. The van der Waals surface area contributed by atoms with Gasteiger partial charge in [0.1, 0.15) is 11.3 Å². The molecule has 0 saturated heterocycles. The molecule has 1 amide bonds. The van der Waals surface area contributed by atoms with Gasteiger partial charge in [0.05, 0.1) is 0 Å². The van der Waals surface area contributed by atoms with Crippen LogP contribution in [-0.4, -0.2) is 44.1 Å². The Bertz CT molecular complexity index is 783. The fourth-order valence-electron chi connectivity index (χ4n) is 2.58. The molecule has 1 aromatic heterocycles. The Morgan fingerprint density at radius 1 is 1.32 bits per heavy atom. The van der Waals surface area contributed by atoms with Gasteiger partial charge in [0.2, 0.25) is 0 Å². The van der Waals surface area contributed by atoms with Crippen LogP contribution in [-0.2, 0) is 11.2 Å². The van der Waals surface area contributed by atoms with Crippen LogP contribution < -0.4 is 15.7 Å². The maximum absolute atomic E-state index is 12.1. The van der Waals surface area contributed by atoms with Crippen molar-refractivity contribution in [2.45, 2.75) is 32.8 Å². The first-order valence-corrected chi connectivity index (χ1v) is 8.56. The van der Waals surface area contributed by atoms with E-state index in [9.17, 15) is 9.59 Å². The summed E-state index contributed by atoms with van der Waals surface area (Å²) in [5, 5.41) is 3.74. The average molecular weight is 346 g/mol. The van der Waals surface area contributed by atoms with Crippen molar-refractivity contribution in [3.63, 3.8) is 0 Å². The van der Waals surface area contributed by atoms with Gasteiger partial charge in [-0.15, -0.1) is 0 Å². The molecule has 1 heterocycles. The van der Waals surface area contributed by atoms with Crippen molar-refractivity contribution in [2.24, 2.45) is 0 Å². The molecule has 0 spiro atoms. The Balaban J connectivity index is 2.02. The van der Waals surface area contributed by atoms with Crippen molar-refractivity contribution in [3.05, 3.63) is 40.2 Å². The van der Waals surface area contributed by atoms with E-state index in [0.717, 1.165) is 30.3 Å². The summed E-state index contributed by atoms with van der Waals surface area (Å²) in [6.07, 6.45) is 0.998. The quantitative estimate of drug-likeness (QED) is 0.586. The SMILES string of the molecule is CCc1cc(=O)oc2cc(OC(C)C(=O)NCCCN(C)C)ccc12. The molecule has 0 aliphatic rings. The molecule has 0 aliphatic heterocycles. The van der Waals surface area contributed by atoms with Crippen molar-refractivity contribution < 1.29 is 13.9 Å². The molecule has 1 unspecified atom stereocenters. The van der Waals surface area contributed by atoms with Gasteiger partial charge in [-0.2, -0.15) is 0 Å². The minimum Gasteiger partial charge on any atom is -0.481 e. The van der Waals surface area contributed by atoms with E-state index in [0.29, 0.717) is 17.9 Å². The second-order valence-corrected chi connectivity index (χ2v) is 6.31. The molecule has 2 rings (SSSR count). The van der Waals surface area contributed by atoms with Crippen molar-refractivity contribution in [2.75, 3.05) is 27.2 Å². The molecule has 1 N–H and O–H groups in total. The fraction of sp³-hybridized carbons (Fsp3) is 0.474. The van der Waals surface area contributed by atoms with Gasteiger partial charge in [0, 0.05) is 24.1 Å². The van der Waals surface area contributed by atoms with E-state index in [1.54, 1.807) is 19.1 Å². The third-order valence-corrected chi connectivity index (χ3v) is 3.95. The van der Waals surface area contributed by atoms with Crippen molar-refractivity contribution in [3.8, 4) is 5.75 Å². The largest absolute Gasteiger partial charge is 0.481 e. The van der Waals surface area contributed by atoms with Crippen LogP contribution in [0.25, 0.3) is 11.0 Å². The van der Waals surface area contributed by atoms with Gasteiger partial charge in [-0.3, -0.25) is 4.79 Å². The van der Waals surface area contributed by atoms with Crippen LogP contribution >= 0.6 is 0 Å². The topological polar surface area (TPSA) is 71.8 Å². The zero-order valence-corrected chi connectivity index (χ0v) is 15.3. The Morgan fingerprint density at radius 2 is 2.08 bits per heavy atom. The second kappa shape index (κ2) is 8.67. The first kappa shape index (κ1) is 19.0. The molecule has 0 radical (unpaired) electrons. The number of carbonyl (C=O) groups excluding carboxylic acids is 1. The van der Waals surface area contributed by atoms with Crippen molar-refractivity contribution in [1.29, 1.82) is 0 Å². The summed E-state index contributed by atoms with van der Waals surface area (Å²) < 4.78 is 10.9. The van der Waals surface area contributed by atoms with Crippen molar-refractivity contribution >= 4 is 16.9 Å². The molecule has 2 aromatic rings. The molecule has 0 bridgehead atoms. The van der Waals surface area contributed by atoms with Crippen molar-refractivity contribution in [1.82, 2.24) is 10.2 Å². The molecule has 1 atom stereocenters. The van der Waals surface area contributed by atoms with Gasteiger partial charge >= 0.3 is 5.63 Å². The number of rotatable bonds is 8. The van der Waals surface area contributed by atoms with E-state index in [1.165, 1.54) is 6.07 Å². The third kappa shape index (κ3) is 5.32. The number of carbonyl (C=O) groups is 1. The van der Waals surface area contributed by atoms with Gasteiger partial charge < -0.3 is 19.4 Å². The van der Waals surface area contributed by atoms with E-state index in [2.05, 4.69) is 10.2 Å². The highest BCUT2D eigenvalue weighted by atomic mass is 16.5. The summed E-state index contributed by atoms with van der Waals surface area (Å²) in [6, 6.07) is 6.81. The highest BCUT2D eigenvalue weighted by Crippen LogP contribution is 2.23. The number of hydrogen-bond acceptors (Lipinski definition) is 5. The monoisotopic (exact) mass is 346 g/mol. The molecule has 0 saturated carbocycles. The predicted molar refractivity (Wildman–Crippen MR) is 98.1 cm³/mol. The summed E-state index contributed by atoms with van der Waals surface area (Å²) in [5.74, 6) is 0.336. The van der Waals surface area contributed by atoms with Gasteiger partial charge in [-0.25, -0.2) is 4.79 Å². The van der Waals surface area contributed by atoms with Gasteiger partial charge in [-0.05, 0) is 58.1 Å². The number of fused-ring (bicyclic) bond motifs is 1. The molecule has 6 nitrogen and oxygen atoms in total. The van der Waals surface area contributed by atoms with Crippen LogP contribution in [0.3, 0.4) is 0 Å². The Kier molecular flexibility index (Phi) is 6.58. The fourth-order valence-corrected chi connectivity index (χ4v) is 2.58. The lowest BCUT2D eigenvalue weighted by Crippen LogP contribution is -2.37. The Hall–Kier alpha value is -2.34. The van der Waals surface area contributed by atoms with E-state index >= 15 is 0 Å². The molecular formula is C19H26N2O4. The van der Waals surface area contributed by atoms with Crippen LogP contribution in [0.1, 0.15) is 25.8 Å². The van der Waals surface area contributed by atoms with Gasteiger partial charge in [0.25, 0.3) is 5.91 Å². The minimum atomic E-state index is -0.627. The number of amides is 1. The molecular weight excluding hydrogens is 320 g/mol. The molecule has 1 aromatic carbocycles. The van der Waals surface area contributed by atoms with E-state index < -0.39 is 6.10 Å². The summed E-state index contributed by atoms with van der Waals surface area (Å²) in [4.78, 5) is 25.8. The predicted octanol–water partition coefficient (Wildman–Crippen LogP) is 2.19. The first-order valence-electron chi connectivity index (χ1n) is 8.56. The lowest BCUT2D eigenvalue weighted by molar-refractivity contribution is -0.127. The summed E-state index contributed by atoms with van der Waals surface area (Å²) in [5.41, 5.74) is 1.03. The van der Waals surface area contributed by atoms with Gasteiger partial charge in [0.15, 0.2) is 6.10 Å². The first-order chi connectivity index (χ1) is 11.9. The number of hydrogen-bond donors (Lipinski definition) is 1. The number of nitrogens with one attached hydrogen (secondary N) is 1. The summed E-state index contributed by atoms with van der Waals surface area (Å²) in [7, 11) is 3.99. The average Bonchev–Trinajstić information content (AvgIpc) is 2.57. The lowest BCUT2D eigenvalue weighted by Gasteiger charge is -2.16. The number of ether oxygens (including phenoxy) is 1. The van der Waals surface area contributed by atoms with Crippen LogP contribution in [0.5, 0.6) is 5.75 Å². The highest BCUT2D eigenvalue weighted by molar-refractivity contribution is 5.82. The molecule has 6 heteroatoms. The summed E-state index contributed by atoms with van der Waals surface area (Å²) >= 11 is 0. The number of aryl methyl sites for hydroxylation is 1. The number of benzene rings is 1. The molecule has 0 aliphatic carbocycles. The van der Waals surface area contributed by atoms with E-state index in [4.69, 9.17) is 9.15 Å². The normalized spacial score (nSPS) is 12.4. The van der Waals surface area contributed by atoms with Crippen LogP contribution in [0.4, 0.5) is 0 Å². The lowest BCUT2D eigenvalue weighted by atomic mass is 10.1. The number of nitrogens with zero attached hydrogens (tertiary/aromatic N) is 1. The maximum atomic E-state index is 12.1. The van der Waals surface area contributed by atoms with Crippen LogP contribution in [0, 0.1) is 0 Å². The molecule has 136 valence electrons. The highest BCUT2D eigenvalue weighted by Gasteiger charge is 2.15.